The van der Waals surface area contributed by atoms with E-state index < -0.39 is 15.4 Å². The summed E-state index contributed by atoms with van der Waals surface area (Å²) in [5, 5.41) is 0. The molecule has 0 bridgehead atoms. The van der Waals surface area contributed by atoms with Crippen LogP contribution in [0.15, 0.2) is 0 Å². The molecule has 1 aliphatic heterocycles. The van der Waals surface area contributed by atoms with Crippen molar-refractivity contribution in [2.24, 2.45) is 0 Å². The minimum absolute atomic E-state index is 0.0137. The first-order valence-corrected chi connectivity index (χ1v) is 7.56. The van der Waals surface area contributed by atoms with Crippen molar-refractivity contribution >= 4 is 15.7 Å². The molecule has 102 valence electrons. The van der Waals surface area contributed by atoms with E-state index in [0.717, 1.165) is 0 Å². The summed E-state index contributed by atoms with van der Waals surface area (Å²) in [6, 6.07) is -0.340. The molecule has 6 heteroatoms. The minimum Gasteiger partial charge on any atom is -0.369 e. The molecule has 0 aliphatic carbocycles. The van der Waals surface area contributed by atoms with E-state index >= 15 is 0 Å². The fraction of sp³-hybridized carbons (Fsp3) is 0.750. The summed E-state index contributed by atoms with van der Waals surface area (Å²) in [5.41, 5.74) is -0.997. The van der Waals surface area contributed by atoms with Crippen LogP contribution in [-0.2, 0) is 19.4 Å². The number of methoxy groups -OCH3 is 1. The monoisotopic (exact) mass is 273 g/mol. The maximum Gasteiger partial charge on any atom is 0.255 e. The Morgan fingerprint density at radius 3 is 2.56 bits per heavy atom. The molecule has 1 heterocycles. The summed E-state index contributed by atoms with van der Waals surface area (Å²) >= 11 is 0. The SMILES string of the molecule is C#CCN(C(=O)C(C)(C)OC)C1CCS(=O)(=O)C1. The first-order chi connectivity index (χ1) is 8.23. The van der Waals surface area contributed by atoms with E-state index in [2.05, 4.69) is 5.92 Å². The van der Waals surface area contributed by atoms with Crippen LogP contribution in [0.25, 0.3) is 0 Å². The van der Waals surface area contributed by atoms with E-state index in [1.54, 1.807) is 13.8 Å². The number of amides is 1. The van der Waals surface area contributed by atoms with Gasteiger partial charge in [0.15, 0.2) is 9.84 Å². The molecule has 1 rings (SSSR count). The lowest BCUT2D eigenvalue weighted by Crippen LogP contribution is -2.51. The normalized spacial score (nSPS) is 22.4. The third-order valence-electron chi connectivity index (χ3n) is 3.20. The zero-order valence-corrected chi connectivity index (χ0v) is 11.8. The zero-order valence-electron chi connectivity index (χ0n) is 11.0. The third kappa shape index (κ3) is 3.24. The van der Waals surface area contributed by atoms with Crippen LogP contribution in [0.1, 0.15) is 20.3 Å². The van der Waals surface area contributed by atoms with Gasteiger partial charge in [-0.15, -0.1) is 6.42 Å². The number of carbonyl (C=O) groups is 1. The minimum atomic E-state index is -3.05. The van der Waals surface area contributed by atoms with Gasteiger partial charge in [0.25, 0.3) is 5.91 Å². The van der Waals surface area contributed by atoms with E-state index in [4.69, 9.17) is 11.2 Å². The maximum atomic E-state index is 12.3. The Bertz CT molecular complexity index is 461. The van der Waals surface area contributed by atoms with Crippen LogP contribution in [0, 0.1) is 12.3 Å². The first kappa shape index (κ1) is 15.0. The fourth-order valence-electron chi connectivity index (χ4n) is 1.92. The van der Waals surface area contributed by atoms with Gasteiger partial charge in [0.05, 0.1) is 18.1 Å². The summed E-state index contributed by atoms with van der Waals surface area (Å²) in [6.07, 6.45) is 5.69. The lowest BCUT2D eigenvalue weighted by Gasteiger charge is -2.33. The molecular formula is C12H19NO4S. The lowest BCUT2D eigenvalue weighted by molar-refractivity contribution is -0.152. The van der Waals surface area contributed by atoms with Gasteiger partial charge in [-0.2, -0.15) is 0 Å². The Kier molecular flexibility index (Phi) is 4.41. The number of nitrogens with zero attached hydrogens (tertiary/aromatic N) is 1. The van der Waals surface area contributed by atoms with Gasteiger partial charge in [-0.1, -0.05) is 5.92 Å². The van der Waals surface area contributed by atoms with Crippen molar-refractivity contribution in [2.45, 2.75) is 31.9 Å². The summed E-state index contributed by atoms with van der Waals surface area (Å²) < 4.78 is 28.1. The van der Waals surface area contributed by atoms with Crippen molar-refractivity contribution in [2.75, 3.05) is 25.2 Å². The number of ether oxygens (including phenoxy) is 1. The number of hydrogen-bond acceptors (Lipinski definition) is 4. The van der Waals surface area contributed by atoms with Crippen molar-refractivity contribution in [1.82, 2.24) is 4.90 Å². The molecule has 1 amide bonds. The lowest BCUT2D eigenvalue weighted by atomic mass is 10.1. The Morgan fingerprint density at radius 1 is 1.56 bits per heavy atom. The van der Waals surface area contributed by atoms with Crippen LogP contribution in [-0.4, -0.2) is 56.0 Å². The highest BCUT2D eigenvalue weighted by molar-refractivity contribution is 7.91. The fourth-order valence-corrected chi connectivity index (χ4v) is 3.65. The molecule has 1 atom stereocenters. The van der Waals surface area contributed by atoms with E-state index in [1.807, 2.05) is 0 Å². The molecule has 18 heavy (non-hydrogen) atoms. The van der Waals surface area contributed by atoms with Gasteiger partial charge in [-0.05, 0) is 20.3 Å². The van der Waals surface area contributed by atoms with Crippen molar-refractivity contribution in [3.63, 3.8) is 0 Å². The predicted molar refractivity (Wildman–Crippen MR) is 68.7 cm³/mol. The quantitative estimate of drug-likeness (QED) is 0.680. The molecule has 0 N–H and O–H groups in total. The average Bonchev–Trinajstić information content (AvgIpc) is 2.65. The molecule has 1 fully saturated rings. The van der Waals surface area contributed by atoms with Gasteiger partial charge in [0.2, 0.25) is 0 Å². The largest absolute Gasteiger partial charge is 0.369 e. The zero-order chi connectivity index (χ0) is 14.0. The Hall–Kier alpha value is -1.06. The molecule has 5 nitrogen and oxygen atoms in total. The second kappa shape index (κ2) is 5.29. The second-order valence-electron chi connectivity index (χ2n) is 4.91. The van der Waals surface area contributed by atoms with E-state index in [0.29, 0.717) is 6.42 Å². The molecule has 0 saturated carbocycles. The summed E-state index contributed by atoms with van der Waals surface area (Å²) in [4.78, 5) is 13.7. The van der Waals surface area contributed by atoms with Gasteiger partial charge >= 0.3 is 0 Å². The molecule has 0 aromatic carbocycles. The smallest absolute Gasteiger partial charge is 0.255 e. The topological polar surface area (TPSA) is 63.7 Å². The number of rotatable bonds is 4. The van der Waals surface area contributed by atoms with Crippen molar-refractivity contribution in [3.05, 3.63) is 0 Å². The highest BCUT2D eigenvalue weighted by Crippen LogP contribution is 2.21. The van der Waals surface area contributed by atoms with Crippen molar-refractivity contribution < 1.29 is 17.9 Å². The van der Waals surface area contributed by atoms with Crippen LogP contribution in [0.3, 0.4) is 0 Å². The first-order valence-electron chi connectivity index (χ1n) is 5.73. The molecule has 0 aromatic rings. The van der Waals surface area contributed by atoms with E-state index in [9.17, 15) is 13.2 Å². The summed E-state index contributed by atoms with van der Waals surface area (Å²) in [7, 11) is -1.61. The number of carbonyl (C=O) groups excluding carboxylic acids is 1. The number of sulfone groups is 1. The molecule has 0 aromatic heterocycles. The Morgan fingerprint density at radius 2 is 2.17 bits per heavy atom. The van der Waals surface area contributed by atoms with Gasteiger partial charge in [-0.25, -0.2) is 8.42 Å². The van der Waals surface area contributed by atoms with Crippen LogP contribution < -0.4 is 0 Å². The Balaban J connectivity index is 2.91. The standard InChI is InChI=1S/C12H19NO4S/c1-5-7-13(11(14)12(2,3)17-4)10-6-8-18(15,16)9-10/h1,10H,6-9H2,2-4H3. The number of hydrogen-bond donors (Lipinski definition) is 0. The van der Waals surface area contributed by atoms with Crippen molar-refractivity contribution in [3.8, 4) is 12.3 Å². The van der Waals surface area contributed by atoms with Crippen LogP contribution in [0.2, 0.25) is 0 Å². The Labute approximate surface area is 108 Å². The highest BCUT2D eigenvalue weighted by atomic mass is 32.2. The molecule has 0 radical (unpaired) electrons. The summed E-state index contributed by atoms with van der Waals surface area (Å²) in [6.45, 7) is 3.39. The van der Waals surface area contributed by atoms with Crippen LogP contribution in [0.4, 0.5) is 0 Å². The average molecular weight is 273 g/mol. The van der Waals surface area contributed by atoms with Gasteiger partial charge in [0.1, 0.15) is 5.60 Å². The second-order valence-corrected chi connectivity index (χ2v) is 7.14. The van der Waals surface area contributed by atoms with E-state index in [-0.39, 0.29) is 30.0 Å². The molecule has 1 saturated heterocycles. The van der Waals surface area contributed by atoms with Crippen LogP contribution in [0.5, 0.6) is 0 Å². The molecule has 1 aliphatic rings. The van der Waals surface area contributed by atoms with Gasteiger partial charge in [-0.3, -0.25) is 4.79 Å². The third-order valence-corrected chi connectivity index (χ3v) is 4.95. The maximum absolute atomic E-state index is 12.3. The predicted octanol–water partition coefficient (Wildman–Crippen LogP) is 0.0603. The molecular weight excluding hydrogens is 254 g/mol. The van der Waals surface area contributed by atoms with E-state index in [1.165, 1.54) is 12.0 Å². The van der Waals surface area contributed by atoms with Crippen LogP contribution >= 0.6 is 0 Å². The van der Waals surface area contributed by atoms with Crippen molar-refractivity contribution in [1.29, 1.82) is 0 Å². The summed E-state index contributed by atoms with van der Waals surface area (Å²) in [5.74, 6) is 2.23. The highest BCUT2D eigenvalue weighted by Gasteiger charge is 2.39. The van der Waals surface area contributed by atoms with Gasteiger partial charge < -0.3 is 9.64 Å². The molecule has 1 unspecified atom stereocenters. The van der Waals surface area contributed by atoms with Gasteiger partial charge in [0, 0.05) is 13.2 Å². The number of terminal acetylenes is 1. The molecule has 0 spiro atoms.